The summed E-state index contributed by atoms with van der Waals surface area (Å²) in [5.74, 6) is 0. The first-order valence-corrected chi connectivity index (χ1v) is 8.56. The van der Waals surface area contributed by atoms with Crippen LogP contribution in [0, 0.1) is 5.41 Å². The van der Waals surface area contributed by atoms with Crippen molar-refractivity contribution < 1.29 is 8.42 Å². The third-order valence-corrected chi connectivity index (χ3v) is 4.68. The zero-order chi connectivity index (χ0) is 15.0. The van der Waals surface area contributed by atoms with Crippen LogP contribution >= 0.6 is 0 Å². The molecule has 114 valence electrons. The maximum Gasteiger partial charge on any atom is 0.242 e. The maximum atomic E-state index is 12.3. The lowest BCUT2D eigenvalue weighted by molar-refractivity contribution is 0.407. The molecule has 2 rings (SSSR count). The second-order valence-electron chi connectivity index (χ2n) is 6.72. The fourth-order valence-electron chi connectivity index (χ4n) is 2.05. The second kappa shape index (κ2) is 5.50. The van der Waals surface area contributed by atoms with Gasteiger partial charge in [0.05, 0.1) is 4.90 Å². The quantitative estimate of drug-likeness (QED) is 0.843. The van der Waals surface area contributed by atoms with Crippen LogP contribution in [0.4, 0.5) is 0 Å². The molecule has 1 aliphatic rings. The largest absolute Gasteiger partial charge is 0.346 e. The molecule has 2 N–H and O–H groups in total. The molecular formula is C14H25N3O2S. The van der Waals surface area contributed by atoms with Crippen molar-refractivity contribution in [2.45, 2.75) is 51.1 Å². The standard InChI is InChI=1S/C14H25N3O2S/c1-14(2,3)10-16-20(18,19)13-7-12(8-15-4)17(9-13)11-5-6-11/h7,9,11,15-16H,5-6,8,10H2,1-4H3. The zero-order valence-electron chi connectivity index (χ0n) is 12.7. The fraction of sp³-hybridized carbons (Fsp3) is 0.714. The smallest absolute Gasteiger partial charge is 0.242 e. The SMILES string of the molecule is CNCc1cc(S(=O)(=O)NCC(C)(C)C)cn1C1CC1. The average molecular weight is 299 g/mol. The number of hydrogen-bond donors (Lipinski definition) is 2. The van der Waals surface area contributed by atoms with E-state index < -0.39 is 10.0 Å². The second-order valence-corrected chi connectivity index (χ2v) is 8.49. The van der Waals surface area contributed by atoms with E-state index in [0.29, 0.717) is 24.0 Å². The fourth-order valence-corrected chi connectivity index (χ4v) is 3.39. The normalized spacial score (nSPS) is 16.6. The molecule has 1 saturated carbocycles. The molecule has 0 atom stereocenters. The first-order valence-electron chi connectivity index (χ1n) is 7.08. The molecule has 0 unspecified atom stereocenters. The van der Waals surface area contributed by atoms with Gasteiger partial charge in [0.25, 0.3) is 0 Å². The summed E-state index contributed by atoms with van der Waals surface area (Å²) in [6.45, 7) is 7.16. The highest BCUT2D eigenvalue weighted by Crippen LogP contribution is 2.37. The van der Waals surface area contributed by atoms with Gasteiger partial charge in [0, 0.05) is 31.0 Å². The van der Waals surface area contributed by atoms with Gasteiger partial charge in [-0.25, -0.2) is 13.1 Å². The Bertz CT molecular complexity index is 566. The maximum absolute atomic E-state index is 12.3. The molecule has 0 amide bonds. The molecule has 20 heavy (non-hydrogen) atoms. The van der Waals surface area contributed by atoms with Gasteiger partial charge in [-0.2, -0.15) is 0 Å². The summed E-state index contributed by atoms with van der Waals surface area (Å²) in [6, 6.07) is 2.25. The Balaban J connectivity index is 2.21. The molecule has 1 aromatic rings. The Morgan fingerprint density at radius 3 is 2.50 bits per heavy atom. The van der Waals surface area contributed by atoms with Crippen LogP contribution in [-0.4, -0.2) is 26.6 Å². The Morgan fingerprint density at radius 1 is 1.35 bits per heavy atom. The third kappa shape index (κ3) is 3.84. The number of nitrogens with one attached hydrogen (secondary N) is 2. The van der Waals surface area contributed by atoms with Gasteiger partial charge in [0.1, 0.15) is 0 Å². The Morgan fingerprint density at radius 2 is 2.00 bits per heavy atom. The molecule has 5 nitrogen and oxygen atoms in total. The lowest BCUT2D eigenvalue weighted by Crippen LogP contribution is -2.32. The van der Waals surface area contributed by atoms with E-state index in [2.05, 4.69) is 14.6 Å². The molecule has 0 saturated heterocycles. The minimum absolute atomic E-state index is 0.0695. The van der Waals surface area contributed by atoms with Crippen LogP contribution in [-0.2, 0) is 16.6 Å². The Kier molecular flexibility index (Phi) is 4.27. The van der Waals surface area contributed by atoms with Crippen molar-refractivity contribution in [2.75, 3.05) is 13.6 Å². The summed E-state index contributed by atoms with van der Waals surface area (Å²) in [5, 5.41) is 3.09. The van der Waals surface area contributed by atoms with Crippen molar-refractivity contribution in [1.82, 2.24) is 14.6 Å². The Hall–Kier alpha value is -0.850. The summed E-state index contributed by atoms with van der Waals surface area (Å²) in [5.41, 5.74) is 0.964. The molecule has 0 bridgehead atoms. The van der Waals surface area contributed by atoms with Crippen LogP contribution in [0.5, 0.6) is 0 Å². The first-order chi connectivity index (χ1) is 9.23. The summed E-state index contributed by atoms with van der Waals surface area (Å²) >= 11 is 0. The van der Waals surface area contributed by atoms with Gasteiger partial charge in [0.15, 0.2) is 0 Å². The van der Waals surface area contributed by atoms with Crippen LogP contribution in [0.15, 0.2) is 17.2 Å². The molecule has 0 spiro atoms. The molecule has 0 radical (unpaired) electrons. The summed E-state index contributed by atoms with van der Waals surface area (Å²) in [6.07, 6.45) is 4.05. The molecule has 1 fully saturated rings. The van der Waals surface area contributed by atoms with E-state index >= 15 is 0 Å². The van der Waals surface area contributed by atoms with E-state index in [1.165, 1.54) is 0 Å². The topological polar surface area (TPSA) is 63.1 Å². The lowest BCUT2D eigenvalue weighted by Gasteiger charge is -2.18. The molecule has 1 aliphatic carbocycles. The van der Waals surface area contributed by atoms with Crippen LogP contribution < -0.4 is 10.0 Å². The number of sulfonamides is 1. The molecule has 1 heterocycles. The van der Waals surface area contributed by atoms with Gasteiger partial charge in [-0.05, 0) is 31.4 Å². The van der Waals surface area contributed by atoms with E-state index in [9.17, 15) is 8.42 Å². The zero-order valence-corrected chi connectivity index (χ0v) is 13.5. The highest BCUT2D eigenvalue weighted by atomic mass is 32.2. The van der Waals surface area contributed by atoms with Gasteiger partial charge in [0.2, 0.25) is 10.0 Å². The molecule has 0 aromatic carbocycles. The van der Waals surface area contributed by atoms with Crippen molar-refractivity contribution in [1.29, 1.82) is 0 Å². The summed E-state index contributed by atoms with van der Waals surface area (Å²) in [7, 11) is -1.55. The third-order valence-electron chi connectivity index (χ3n) is 3.31. The van der Waals surface area contributed by atoms with Crippen LogP contribution in [0.25, 0.3) is 0 Å². The highest BCUT2D eigenvalue weighted by Gasteiger charge is 2.28. The van der Waals surface area contributed by atoms with Gasteiger partial charge >= 0.3 is 0 Å². The minimum Gasteiger partial charge on any atom is -0.346 e. The van der Waals surface area contributed by atoms with Crippen molar-refractivity contribution in [2.24, 2.45) is 5.41 Å². The predicted octanol–water partition coefficient (Wildman–Crippen LogP) is 1.87. The number of nitrogens with zero attached hydrogens (tertiary/aromatic N) is 1. The van der Waals surface area contributed by atoms with Gasteiger partial charge in [-0.3, -0.25) is 0 Å². The van der Waals surface area contributed by atoms with Crippen molar-refractivity contribution >= 4 is 10.0 Å². The average Bonchev–Trinajstić information content (AvgIpc) is 3.08. The van der Waals surface area contributed by atoms with Crippen molar-refractivity contribution in [3.8, 4) is 0 Å². The van der Waals surface area contributed by atoms with Crippen molar-refractivity contribution in [3.63, 3.8) is 0 Å². The molecular weight excluding hydrogens is 274 g/mol. The van der Waals surface area contributed by atoms with Crippen molar-refractivity contribution in [3.05, 3.63) is 18.0 Å². The van der Waals surface area contributed by atoms with E-state index in [4.69, 9.17) is 0 Å². The molecule has 1 aromatic heterocycles. The summed E-state index contributed by atoms with van der Waals surface area (Å²) in [4.78, 5) is 0.374. The predicted molar refractivity (Wildman–Crippen MR) is 80.1 cm³/mol. The lowest BCUT2D eigenvalue weighted by atomic mass is 9.98. The van der Waals surface area contributed by atoms with Crippen LogP contribution in [0.2, 0.25) is 0 Å². The van der Waals surface area contributed by atoms with E-state index in [0.717, 1.165) is 18.5 Å². The first kappa shape index (κ1) is 15.5. The minimum atomic E-state index is -3.42. The van der Waals surface area contributed by atoms with E-state index in [-0.39, 0.29) is 5.41 Å². The highest BCUT2D eigenvalue weighted by molar-refractivity contribution is 7.89. The van der Waals surface area contributed by atoms with Crippen LogP contribution in [0.1, 0.15) is 45.3 Å². The number of aromatic nitrogens is 1. The monoisotopic (exact) mass is 299 g/mol. The van der Waals surface area contributed by atoms with E-state index in [1.54, 1.807) is 12.3 Å². The molecule has 0 aliphatic heterocycles. The van der Waals surface area contributed by atoms with Crippen LogP contribution in [0.3, 0.4) is 0 Å². The van der Waals surface area contributed by atoms with Gasteiger partial charge in [-0.1, -0.05) is 20.8 Å². The molecule has 6 heteroatoms. The van der Waals surface area contributed by atoms with Gasteiger partial charge < -0.3 is 9.88 Å². The van der Waals surface area contributed by atoms with E-state index in [1.807, 2.05) is 27.8 Å². The Labute approximate surface area is 121 Å². The number of rotatable bonds is 6. The summed E-state index contributed by atoms with van der Waals surface area (Å²) < 4.78 is 29.5. The van der Waals surface area contributed by atoms with Gasteiger partial charge in [-0.15, -0.1) is 0 Å². The number of hydrogen-bond acceptors (Lipinski definition) is 3.